The Kier molecular flexibility index (Phi) is 8.30. The number of unbranched alkanes of at least 4 members (excludes halogenated alkanes) is 1. The number of hydrogen-bond donors (Lipinski definition) is 2. The van der Waals surface area contributed by atoms with Crippen LogP contribution in [0, 0.1) is 0 Å². The number of alkyl halides is 2. The first-order chi connectivity index (χ1) is 15.4. The molecule has 9 heteroatoms. The fourth-order valence-corrected chi connectivity index (χ4v) is 3.98. The van der Waals surface area contributed by atoms with Crippen LogP contribution in [0.15, 0.2) is 24.5 Å². The van der Waals surface area contributed by atoms with E-state index in [-0.39, 0.29) is 12.4 Å². The summed E-state index contributed by atoms with van der Waals surface area (Å²) in [5, 5.41) is 12.5. The van der Waals surface area contributed by atoms with Crippen LogP contribution in [0.3, 0.4) is 0 Å². The Bertz CT molecular complexity index is 893. The molecule has 1 aliphatic heterocycles. The maximum atomic E-state index is 14.7. The van der Waals surface area contributed by atoms with Gasteiger partial charge in [-0.3, -0.25) is 4.79 Å². The number of pyridine rings is 1. The summed E-state index contributed by atoms with van der Waals surface area (Å²) in [6.45, 7) is 0.909. The van der Waals surface area contributed by atoms with Crippen molar-refractivity contribution in [3.8, 4) is 6.01 Å². The number of anilines is 1. The summed E-state index contributed by atoms with van der Waals surface area (Å²) in [4.78, 5) is 23.7. The van der Waals surface area contributed by atoms with Crippen LogP contribution in [0.4, 0.5) is 14.6 Å². The van der Waals surface area contributed by atoms with E-state index in [2.05, 4.69) is 26.3 Å². The summed E-state index contributed by atoms with van der Waals surface area (Å²) in [5.41, 5.74) is 2.49. The monoisotopic (exact) mass is 448 g/mol. The van der Waals surface area contributed by atoms with Crippen LogP contribution in [0.2, 0.25) is 0 Å². The smallest absolute Gasteiger partial charge is 0.316 e. The number of hydrogen-bond acceptors (Lipinski definition) is 6. The number of carbonyl (C=O) groups is 1. The zero-order valence-corrected chi connectivity index (χ0v) is 18.3. The number of nitrogens with zero attached hydrogens (tertiary/aromatic N) is 3. The van der Waals surface area contributed by atoms with Crippen LogP contribution in [-0.4, -0.2) is 45.6 Å². The van der Waals surface area contributed by atoms with E-state index >= 15 is 0 Å². The molecule has 0 amide bonds. The lowest BCUT2D eigenvalue weighted by Crippen LogP contribution is -2.22. The number of nitrogens with one attached hydrogen (secondary N) is 1. The van der Waals surface area contributed by atoms with E-state index in [1.54, 1.807) is 0 Å². The van der Waals surface area contributed by atoms with Crippen molar-refractivity contribution in [1.82, 2.24) is 15.0 Å². The number of aromatic nitrogens is 3. The molecule has 32 heavy (non-hydrogen) atoms. The lowest BCUT2D eigenvalue weighted by Gasteiger charge is -2.22. The average Bonchev–Trinajstić information content (AvgIpc) is 3.01. The quantitative estimate of drug-likeness (QED) is 0.484. The summed E-state index contributed by atoms with van der Waals surface area (Å²) in [6.07, 6.45) is 6.27. The van der Waals surface area contributed by atoms with Gasteiger partial charge in [0.2, 0.25) is 5.92 Å². The highest BCUT2D eigenvalue weighted by Crippen LogP contribution is 2.36. The van der Waals surface area contributed by atoms with Gasteiger partial charge in [-0.15, -0.1) is 0 Å². The lowest BCUT2D eigenvalue weighted by atomic mass is 9.89. The Balaban J connectivity index is 1.52. The van der Waals surface area contributed by atoms with Gasteiger partial charge in [-0.05, 0) is 55.7 Å². The van der Waals surface area contributed by atoms with Gasteiger partial charge in [-0.2, -0.15) is 0 Å². The molecular weight excluding hydrogens is 418 g/mol. The van der Waals surface area contributed by atoms with Gasteiger partial charge in [0.15, 0.2) is 0 Å². The van der Waals surface area contributed by atoms with Crippen LogP contribution < -0.4 is 10.1 Å². The standard InChI is InChI=1S/C23H30F2N4O3/c1-32-22-27-14-18(15-28-22)17(12-20(30)31)13-23(24,25)10-4-2-7-19-9-8-16-6-3-5-11-26-21(16)29-19/h8-9,14-15,17H,2-7,10-13H2,1H3,(H,26,29)(H,30,31)/t17-/m0/s1. The van der Waals surface area contributed by atoms with E-state index in [9.17, 15) is 13.6 Å². The second-order valence-corrected chi connectivity index (χ2v) is 8.26. The highest BCUT2D eigenvalue weighted by atomic mass is 19.3. The Morgan fingerprint density at radius 1 is 1.25 bits per heavy atom. The van der Waals surface area contributed by atoms with Crippen molar-refractivity contribution in [2.75, 3.05) is 19.0 Å². The third-order valence-corrected chi connectivity index (χ3v) is 5.70. The molecule has 1 atom stereocenters. The first-order valence-corrected chi connectivity index (χ1v) is 11.0. The molecule has 174 valence electrons. The second kappa shape index (κ2) is 11.2. The molecule has 2 aromatic rings. The minimum Gasteiger partial charge on any atom is -0.481 e. The van der Waals surface area contributed by atoms with Crippen molar-refractivity contribution < 1.29 is 23.4 Å². The van der Waals surface area contributed by atoms with E-state index in [1.165, 1.54) is 25.1 Å². The fourth-order valence-electron chi connectivity index (χ4n) is 3.98. The maximum absolute atomic E-state index is 14.7. The number of methoxy groups -OCH3 is 1. The number of carboxylic acids is 1. The van der Waals surface area contributed by atoms with Gasteiger partial charge in [-0.25, -0.2) is 23.7 Å². The van der Waals surface area contributed by atoms with Gasteiger partial charge in [0.1, 0.15) is 5.82 Å². The average molecular weight is 449 g/mol. The molecule has 0 bridgehead atoms. The van der Waals surface area contributed by atoms with Crippen molar-refractivity contribution >= 4 is 11.8 Å². The van der Waals surface area contributed by atoms with E-state index in [4.69, 9.17) is 9.84 Å². The summed E-state index contributed by atoms with van der Waals surface area (Å²) >= 11 is 0. The molecule has 0 unspecified atom stereocenters. The normalized spacial score (nSPS) is 14.7. The Morgan fingerprint density at radius 3 is 2.75 bits per heavy atom. The highest BCUT2D eigenvalue weighted by Gasteiger charge is 2.34. The van der Waals surface area contributed by atoms with Gasteiger partial charge in [0.25, 0.3) is 0 Å². The van der Waals surface area contributed by atoms with Gasteiger partial charge in [0, 0.05) is 43.4 Å². The molecule has 2 aromatic heterocycles. The number of aliphatic carboxylic acids is 1. The predicted molar refractivity (Wildman–Crippen MR) is 116 cm³/mol. The number of aryl methyl sites for hydroxylation is 2. The number of ether oxygens (including phenoxy) is 1. The second-order valence-electron chi connectivity index (χ2n) is 8.26. The van der Waals surface area contributed by atoms with E-state index in [0.29, 0.717) is 24.8 Å². The van der Waals surface area contributed by atoms with Crippen LogP contribution in [0.1, 0.15) is 67.7 Å². The van der Waals surface area contributed by atoms with Crippen molar-refractivity contribution in [2.24, 2.45) is 0 Å². The van der Waals surface area contributed by atoms with Gasteiger partial charge in [0.05, 0.1) is 13.5 Å². The highest BCUT2D eigenvalue weighted by molar-refractivity contribution is 5.68. The van der Waals surface area contributed by atoms with Gasteiger partial charge < -0.3 is 15.2 Å². The minimum absolute atomic E-state index is 0.108. The number of fused-ring (bicyclic) bond motifs is 1. The molecule has 3 rings (SSSR count). The predicted octanol–water partition coefficient (Wildman–Crippen LogP) is 4.63. The zero-order chi connectivity index (χ0) is 23.0. The van der Waals surface area contributed by atoms with E-state index in [0.717, 1.165) is 37.3 Å². The molecule has 2 N–H and O–H groups in total. The SMILES string of the molecule is COc1ncc([C@@H](CC(=O)O)CC(F)(F)CCCCc2ccc3c(n2)NCCCC3)cn1. The molecular formula is C23H30F2N4O3. The first kappa shape index (κ1) is 23.8. The third kappa shape index (κ3) is 7.10. The van der Waals surface area contributed by atoms with Crippen LogP contribution in [0.25, 0.3) is 0 Å². The zero-order valence-electron chi connectivity index (χ0n) is 18.3. The lowest BCUT2D eigenvalue weighted by molar-refractivity contribution is -0.138. The Hall–Kier alpha value is -2.84. The summed E-state index contributed by atoms with van der Waals surface area (Å²) in [5.74, 6) is -4.07. The largest absolute Gasteiger partial charge is 0.481 e. The first-order valence-electron chi connectivity index (χ1n) is 11.0. The third-order valence-electron chi connectivity index (χ3n) is 5.70. The molecule has 0 radical (unpaired) electrons. The topological polar surface area (TPSA) is 97.2 Å². The van der Waals surface area contributed by atoms with Gasteiger partial charge in [-0.1, -0.05) is 6.07 Å². The molecule has 0 saturated carbocycles. The summed E-state index contributed by atoms with van der Waals surface area (Å²) in [7, 11) is 1.40. The molecule has 7 nitrogen and oxygen atoms in total. The van der Waals surface area contributed by atoms with Crippen molar-refractivity contribution in [3.05, 3.63) is 41.3 Å². The van der Waals surface area contributed by atoms with Crippen LogP contribution in [-0.2, 0) is 17.6 Å². The van der Waals surface area contributed by atoms with Crippen molar-refractivity contribution in [2.45, 2.75) is 69.6 Å². The molecule has 0 spiro atoms. The van der Waals surface area contributed by atoms with E-state index < -0.39 is 30.7 Å². The molecule has 1 aliphatic rings. The molecule has 0 saturated heterocycles. The van der Waals surface area contributed by atoms with Crippen LogP contribution in [0.5, 0.6) is 6.01 Å². The number of halogens is 2. The van der Waals surface area contributed by atoms with Gasteiger partial charge >= 0.3 is 12.0 Å². The Labute approximate surface area is 186 Å². The van der Waals surface area contributed by atoms with Crippen molar-refractivity contribution in [3.63, 3.8) is 0 Å². The number of carboxylic acid groups (broad SMARTS) is 1. The molecule has 0 aromatic carbocycles. The molecule has 3 heterocycles. The summed E-state index contributed by atoms with van der Waals surface area (Å²) < 4.78 is 34.2. The fraction of sp³-hybridized carbons (Fsp3) is 0.565. The molecule has 0 aliphatic carbocycles. The maximum Gasteiger partial charge on any atom is 0.316 e. The van der Waals surface area contributed by atoms with Crippen LogP contribution >= 0.6 is 0 Å². The summed E-state index contributed by atoms with van der Waals surface area (Å²) in [6, 6.07) is 4.17. The van der Waals surface area contributed by atoms with E-state index in [1.807, 2.05) is 6.07 Å². The van der Waals surface area contributed by atoms with Crippen molar-refractivity contribution in [1.29, 1.82) is 0 Å². The number of rotatable bonds is 11. The Morgan fingerprint density at radius 2 is 2.03 bits per heavy atom. The molecule has 0 fully saturated rings. The minimum atomic E-state index is -2.98.